The van der Waals surface area contributed by atoms with E-state index in [9.17, 15) is 4.79 Å². The Labute approximate surface area is 143 Å². The highest BCUT2D eigenvalue weighted by molar-refractivity contribution is 5.94. The summed E-state index contributed by atoms with van der Waals surface area (Å²) < 4.78 is 7.91. The summed E-state index contributed by atoms with van der Waals surface area (Å²) in [6, 6.07) is 7.26. The molecule has 3 rings (SSSR count). The van der Waals surface area contributed by atoms with E-state index in [-0.39, 0.29) is 11.9 Å². The van der Waals surface area contributed by atoms with E-state index in [1.165, 1.54) is 19.3 Å². The Bertz CT molecular complexity index is 672. The molecular weight excluding hydrogens is 302 g/mol. The van der Waals surface area contributed by atoms with Gasteiger partial charge in [0.1, 0.15) is 11.6 Å². The van der Waals surface area contributed by atoms with Crippen LogP contribution in [0.25, 0.3) is 0 Å². The number of nitrogens with zero attached hydrogens (tertiary/aromatic N) is 2. The average Bonchev–Trinajstić information content (AvgIpc) is 3.02. The fourth-order valence-corrected chi connectivity index (χ4v) is 3.20. The second-order valence-electron chi connectivity index (χ2n) is 6.49. The third-order valence-corrected chi connectivity index (χ3v) is 4.56. The van der Waals surface area contributed by atoms with Crippen LogP contribution in [-0.4, -0.2) is 21.6 Å². The van der Waals surface area contributed by atoms with Gasteiger partial charge >= 0.3 is 0 Å². The van der Waals surface area contributed by atoms with Crippen LogP contribution in [-0.2, 0) is 7.05 Å². The van der Waals surface area contributed by atoms with Gasteiger partial charge in [-0.3, -0.25) is 4.79 Å². The molecule has 5 nitrogen and oxygen atoms in total. The summed E-state index contributed by atoms with van der Waals surface area (Å²) in [5.74, 6) is 1.57. The summed E-state index contributed by atoms with van der Waals surface area (Å²) in [5, 5.41) is 2.98. The molecule has 0 aliphatic heterocycles. The minimum absolute atomic E-state index is 0.102. The Balaban J connectivity index is 1.58. The van der Waals surface area contributed by atoms with Crippen LogP contribution in [0.1, 0.15) is 61.3 Å². The predicted molar refractivity (Wildman–Crippen MR) is 93.0 cm³/mol. The van der Waals surface area contributed by atoms with Gasteiger partial charge in [-0.15, -0.1) is 0 Å². The normalized spacial score (nSPS) is 16.6. The molecule has 1 amide bonds. The number of benzene rings is 1. The van der Waals surface area contributed by atoms with E-state index < -0.39 is 0 Å². The lowest BCUT2D eigenvalue weighted by Crippen LogP contribution is -2.28. The van der Waals surface area contributed by atoms with Gasteiger partial charge in [0.25, 0.3) is 5.91 Å². The van der Waals surface area contributed by atoms with Crippen molar-refractivity contribution in [1.29, 1.82) is 0 Å². The highest BCUT2D eigenvalue weighted by Gasteiger charge is 2.16. The zero-order valence-electron chi connectivity index (χ0n) is 14.4. The van der Waals surface area contributed by atoms with Gasteiger partial charge < -0.3 is 14.6 Å². The summed E-state index contributed by atoms with van der Waals surface area (Å²) in [7, 11) is 1.92. The molecule has 128 valence electrons. The molecule has 1 aromatic heterocycles. The Morgan fingerprint density at radius 3 is 2.58 bits per heavy atom. The first-order valence-electron chi connectivity index (χ1n) is 8.68. The first kappa shape index (κ1) is 16.6. The van der Waals surface area contributed by atoms with Crippen molar-refractivity contribution >= 4 is 5.91 Å². The summed E-state index contributed by atoms with van der Waals surface area (Å²) in [6.07, 6.45) is 9.99. The molecule has 0 bridgehead atoms. The minimum Gasteiger partial charge on any atom is -0.490 e. The molecule has 5 heteroatoms. The Kier molecular flexibility index (Phi) is 5.18. The summed E-state index contributed by atoms with van der Waals surface area (Å²) in [4.78, 5) is 16.6. The van der Waals surface area contributed by atoms with Gasteiger partial charge in [0.05, 0.1) is 12.1 Å². The van der Waals surface area contributed by atoms with Gasteiger partial charge in [0, 0.05) is 25.0 Å². The first-order valence-corrected chi connectivity index (χ1v) is 8.68. The van der Waals surface area contributed by atoms with E-state index in [2.05, 4.69) is 10.3 Å². The number of aromatic nitrogens is 2. The lowest BCUT2D eigenvalue weighted by Gasteiger charge is -2.23. The predicted octanol–water partition coefficient (Wildman–Crippen LogP) is 3.62. The fraction of sp³-hybridized carbons (Fsp3) is 0.474. The number of rotatable bonds is 5. The molecule has 0 saturated heterocycles. The monoisotopic (exact) mass is 327 g/mol. The maximum atomic E-state index is 12.4. The highest BCUT2D eigenvalue weighted by atomic mass is 16.5. The van der Waals surface area contributed by atoms with Crippen molar-refractivity contribution in [3.63, 3.8) is 0 Å². The molecule has 1 atom stereocenters. The lowest BCUT2D eigenvalue weighted by atomic mass is 9.98. The molecule has 1 N–H and O–H groups in total. The van der Waals surface area contributed by atoms with Crippen LogP contribution in [0.15, 0.2) is 36.7 Å². The van der Waals surface area contributed by atoms with Crippen LogP contribution >= 0.6 is 0 Å². The highest BCUT2D eigenvalue weighted by Crippen LogP contribution is 2.23. The van der Waals surface area contributed by atoms with E-state index in [1.807, 2.05) is 49.0 Å². The van der Waals surface area contributed by atoms with Gasteiger partial charge in [-0.2, -0.15) is 0 Å². The second-order valence-corrected chi connectivity index (χ2v) is 6.49. The van der Waals surface area contributed by atoms with Crippen LogP contribution in [0, 0.1) is 0 Å². The van der Waals surface area contributed by atoms with E-state index >= 15 is 0 Å². The zero-order chi connectivity index (χ0) is 16.9. The smallest absolute Gasteiger partial charge is 0.251 e. The summed E-state index contributed by atoms with van der Waals surface area (Å²) in [6.45, 7) is 1.93. The van der Waals surface area contributed by atoms with E-state index in [4.69, 9.17) is 4.74 Å². The third-order valence-electron chi connectivity index (χ3n) is 4.56. The van der Waals surface area contributed by atoms with E-state index in [1.54, 1.807) is 6.20 Å². The van der Waals surface area contributed by atoms with Crippen LogP contribution < -0.4 is 10.1 Å². The van der Waals surface area contributed by atoms with Crippen LogP contribution in [0.2, 0.25) is 0 Å². The van der Waals surface area contributed by atoms with Crippen molar-refractivity contribution in [3.05, 3.63) is 48.0 Å². The van der Waals surface area contributed by atoms with Gasteiger partial charge in [0.15, 0.2) is 0 Å². The second kappa shape index (κ2) is 7.51. The number of hydrogen-bond acceptors (Lipinski definition) is 3. The molecule has 1 aliphatic carbocycles. The van der Waals surface area contributed by atoms with Gasteiger partial charge in [-0.1, -0.05) is 6.42 Å². The minimum atomic E-state index is -0.143. The topological polar surface area (TPSA) is 56.1 Å². The number of carbonyl (C=O) groups is 1. The Morgan fingerprint density at radius 1 is 1.25 bits per heavy atom. The number of hydrogen-bond donors (Lipinski definition) is 1. The summed E-state index contributed by atoms with van der Waals surface area (Å²) in [5.41, 5.74) is 0.632. The number of nitrogens with one attached hydrogen (secondary N) is 1. The van der Waals surface area contributed by atoms with Gasteiger partial charge in [0.2, 0.25) is 0 Å². The largest absolute Gasteiger partial charge is 0.490 e. The molecule has 1 aliphatic rings. The van der Waals surface area contributed by atoms with Gasteiger partial charge in [-0.05, 0) is 56.9 Å². The Morgan fingerprint density at radius 2 is 1.96 bits per heavy atom. The fourth-order valence-electron chi connectivity index (χ4n) is 3.20. The molecule has 0 radical (unpaired) electrons. The van der Waals surface area contributed by atoms with Crippen LogP contribution in [0.5, 0.6) is 5.75 Å². The molecular formula is C19H25N3O2. The standard InChI is InChI=1S/C19H25N3O2/c1-14(18-20-12-13-22(18)2)21-19(23)15-8-10-17(11-9-15)24-16-6-4-3-5-7-16/h8-14,16H,3-7H2,1-2H3,(H,21,23). The molecule has 1 unspecified atom stereocenters. The van der Waals surface area contributed by atoms with Crippen molar-refractivity contribution < 1.29 is 9.53 Å². The van der Waals surface area contributed by atoms with Crippen molar-refractivity contribution in [2.45, 2.75) is 51.2 Å². The quantitative estimate of drug-likeness (QED) is 0.912. The van der Waals surface area contributed by atoms with Crippen molar-refractivity contribution in [2.24, 2.45) is 7.05 Å². The van der Waals surface area contributed by atoms with Gasteiger partial charge in [-0.25, -0.2) is 4.98 Å². The number of amides is 1. The maximum Gasteiger partial charge on any atom is 0.251 e. The lowest BCUT2D eigenvalue weighted by molar-refractivity contribution is 0.0937. The van der Waals surface area contributed by atoms with Crippen molar-refractivity contribution in [1.82, 2.24) is 14.9 Å². The van der Waals surface area contributed by atoms with E-state index in [0.717, 1.165) is 24.4 Å². The molecule has 2 aromatic rings. The van der Waals surface area contributed by atoms with Crippen LogP contribution in [0.4, 0.5) is 0 Å². The first-order chi connectivity index (χ1) is 11.6. The van der Waals surface area contributed by atoms with Crippen LogP contribution in [0.3, 0.4) is 0 Å². The SMILES string of the molecule is CC(NC(=O)c1ccc(OC2CCCCC2)cc1)c1nccn1C. The average molecular weight is 327 g/mol. The van der Waals surface area contributed by atoms with Crippen molar-refractivity contribution in [3.8, 4) is 5.75 Å². The number of ether oxygens (including phenoxy) is 1. The molecule has 1 fully saturated rings. The number of imidazole rings is 1. The summed E-state index contributed by atoms with van der Waals surface area (Å²) >= 11 is 0. The third kappa shape index (κ3) is 3.96. The van der Waals surface area contributed by atoms with E-state index in [0.29, 0.717) is 11.7 Å². The Hall–Kier alpha value is -2.30. The molecule has 1 aromatic carbocycles. The molecule has 1 saturated carbocycles. The molecule has 24 heavy (non-hydrogen) atoms. The maximum absolute atomic E-state index is 12.4. The molecule has 0 spiro atoms. The molecule has 1 heterocycles. The van der Waals surface area contributed by atoms with Crippen molar-refractivity contribution in [2.75, 3.05) is 0 Å². The number of aryl methyl sites for hydroxylation is 1. The number of carbonyl (C=O) groups excluding carboxylic acids is 1. The zero-order valence-corrected chi connectivity index (χ0v) is 14.4.